The molecule has 1 aromatic rings. The molecule has 2 rings (SSSR count). The highest BCUT2D eigenvalue weighted by molar-refractivity contribution is 7.09. The van der Waals surface area contributed by atoms with Crippen molar-refractivity contribution in [1.82, 2.24) is 15.2 Å². The molecular formula is C15H27N5S. The van der Waals surface area contributed by atoms with E-state index >= 15 is 0 Å². The Kier molecular flexibility index (Phi) is 6.45. The lowest BCUT2D eigenvalue weighted by atomic mass is 10.2. The zero-order chi connectivity index (χ0) is 15.1. The first-order valence-corrected chi connectivity index (χ1v) is 8.76. The zero-order valence-corrected chi connectivity index (χ0v) is 14.0. The molecule has 118 valence electrons. The molecule has 0 aromatic carbocycles. The van der Waals surface area contributed by atoms with E-state index in [-0.39, 0.29) is 0 Å². The van der Waals surface area contributed by atoms with Gasteiger partial charge in [-0.05, 0) is 39.3 Å². The number of rotatable bonds is 7. The van der Waals surface area contributed by atoms with E-state index in [2.05, 4.69) is 32.5 Å². The fourth-order valence-electron chi connectivity index (χ4n) is 2.75. The predicted molar refractivity (Wildman–Crippen MR) is 89.9 cm³/mol. The molecule has 0 aliphatic carbocycles. The lowest BCUT2D eigenvalue weighted by Gasteiger charge is -2.20. The molecule has 1 aromatic heterocycles. The van der Waals surface area contributed by atoms with E-state index in [0.29, 0.717) is 12.0 Å². The lowest BCUT2D eigenvalue weighted by Crippen LogP contribution is -2.36. The van der Waals surface area contributed by atoms with Crippen molar-refractivity contribution in [3.8, 4) is 0 Å². The molecule has 0 spiro atoms. The number of aliphatic imine (C=N–C) groups is 1. The average Bonchev–Trinajstić information content (AvgIpc) is 3.09. The van der Waals surface area contributed by atoms with Crippen LogP contribution in [0.5, 0.6) is 0 Å². The van der Waals surface area contributed by atoms with E-state index < -0.39 is 0 Å². The number of hydrogen-bond donors (Lipinski definition) is 2. The van der Waals surface area contributed by atoms with Crippen LogP contribution in [0.1, 0.15) is 36.9 Å². The number of thiazole rings is 1. The molecule has 21 heavy (non-hydrogen) atoms. The smallest absolute Gasteiger partial charge is 0.188 e. The third-order valence-electron chi connectivity index (χ3n) is 3.92. The van der Waals surface area contributed by atoms with Gasteiger partial charge in [0.1, 0.15) is 0 Å². The van der Waals surface area contributed by atoms with Crippen molar-refractivity contribution in [2.45, 2.75) is 45.6 Å². The SMILES string of the molecule is CCN1CCCC1CN=C(N)NCCCc1nc(C)cs1. The maximum absolute atomic E-state index is 5.93. The molecule has 1 saturated heterocycles. The highest BCUT2D eigenvalue weighted by Crippen LogP contribution is 2.16. The number of nitrogens with one attached hydrogen (secondary N) is 1. The Labute approximate surface area is 131 Å². The van der Waals surface area contributed by atoms with Crippen molar-refractivity contribution in [3.05, 3.63) is 16.1 Å². The number of hydrogen-bond acceptors (Lipinski definition) is 4. The second kappa shape index (κ2) is 8.34. The lowest BCUT2D eigenvalue weighted by molar-refractivity contribution is 0.273. The van der Waals surface area contributed by atoms with Crippen LogP contribution in [-0.2, 0) is 6.42 Å². The number of likely N-dealkylation sites (tertiary alicyclic amines) is 1. The van der Waals surface area contributed by atoms with Crippen LogP contribution in [0, 0.1) is 6.92 Å². The molecular weight excluding hydrogens is 282 g/mol. The van der Waals surface area contributed by atoms with Crippen LogP contribution in [0.3, 0.4) is 0 Å². The van der Waals surface area contributed by atoms with Crippen LogP contribution in [0.25, 0.3) is 0 Å². The number of likely N-dealkylation sites (N-methyl/N-ethyl adjacent to an activating group) is 1. The summed E-state index contributed by atoms with van der Waals surface area (Å²) >= 11 is 1.73. The van der Waals surface area contributed by atoms with Gasteiger partial charge in [0.05, 0.1) is 11.6 Å². The van der Waals surface area contributed by atoms with Crippen LogP contribution in [0.2, 0.25) is 0 Å². The van der Waals surface area contributed by atoms with Gasteiger partial charge in [0, 0.05) is 30.1 Å². The summed E-state index contributed by atoms with van der Waals surface area (Å²) < 4.78 is 0. The molecule has 1 fully saturated rings. The van der Waals surface area contributed by atoms with E-state index in [9.17, 15) is 0 Å². The van der Waals surface area contributed by atoms with Crippen LogP contribution in [-0.4, -0.2) is 48.1 Å². The van der Waals surface area contributed by atoms with Gasteiger partial charge in [0.2, 0.25) is 0 Å². The van der Waals surface area contributed by atoms with E-state index in [1.807, 2.05) is 6.92 Å². The molecule has 0 amide bonds. The third-order valence-corrected chi connectivity index (χ3v) is 4.94. The molecule has 0 bridgehead atoms. The minimum Gasteiger partial charge on any atom is -0.370 e. The van der Waals surface area contributed by atoms with Gasteiger partial charge < -0.3 is 11.1 Å². The molecule has 1 aliphatic rings. The van der Waals surface area contributed by atoms with Gasteiger partial charge in [-0.25, -0.2) is 4.98 Å². The molecule has 1 unspecified atom stereocenters. The molecule has 0 saturated carbocycles. The third kappa shape index (κ3) is 5.28. The zero-order valence-electron chi connectivity index (χ0n) is 13.1. The van der Waals surface area contributed by atoms with Gasteiger partial charge in [-0.1, -0.05) is 6.92 Å². The quantitative estimate of drug-likeness (QED) is 0.458. The van der Waals surface area contributed by atoms with Gasteiger partial charge in [0.25, 0.3) is 0 Å². The molecule has 0 radical (unpaired) electrons. The van der Waals surface area contributed by atoms with Crippen molar-refractivity contribution in [2.24, 2.45) is 10.7 Å². The fraction of sp³-hybridized carbons (Fsp3) is 0.733. The van der Waals surface area contributed by atoms with Crippen LogP contribution < -0.4 is 11.1 Å². The Hall–Kier alpha value is -1.14. The fourth-order valence-corrected chi connectivity index (χ4v) is 3.57. The van der Waals surface area contributed by atoms with E-state index in [1.54, 1.807) is 11.3 Å². The van der Waals surface area contributed by atoms with Crippen molar-refractivity contribution >= 4 is 17.3 Å². The highest BCUT2D eigenvalue weighted by Gasteiger charge is 2.22. The minimum absolute atomic E-state index is 0.577. The van der Waals surface area contributed by atoms with E-state index in [0.717, 1.165) is 38.2 Å². The minimum atomic E-state index is 0.577. The van der Waals surface area contributed by atoms with Gasteiger partial charge in [0.15, 0.2) is 5.96 Å². The Morgan fingerprint density at radius 3 is 3.19 bits per heavy atom. The van der Waals surface area contributed by atoms with Gasteiger partial charge >= 0.3 is 0 Å². The Bertz CT molecular complexity index is 457. The summed E-state index contributed by atoms with van der Waals surface area (Å²) in [6, 6.07) is 0.577. The summed E-state index contributed by atoms with van der Waals surface area (Å²) in [4.78, 5) is 11.4. The van der Waals surface area contributed by atoms with Gasteiger partial charge in [-0.3, -0.25) is 9.89 Å². The van der Waals surface area contributed by atoms with Gasteiger partial charge in [-0.15, -0.1) is 11.3 Å². The molecule has 1 aliphatic heterocycles. The second-order valence-electron chi connectivity index (χ2n) is 5.56. The van der Waals surface area contributed by atoms with Gasteiger partial charge in [-0.2, -0.15) is 0 Å². The standard InChI is InChI=1S/C15H27N5S/c1-3-20-9-5-6-13(20)10-18-15(16)17-8-4-7-14-19-12(2)11-21-14/h11,13H,3-10H2,1-2H3,(H3,16,17,18). The Morgan fingerprint density at radius 1 is 1.62 bits per heavy atom. The number of nitrogens with zero attached hydrogens (tertiary/aromatic N) is 3. The summed E-state index contributed by atoms with van der Waals surface area (Å²) in [6.07, 6.45) is 4.57. The largest absolute Gasteiger partial charge is 0.370 e. The predicted octanol–water partition coefficient (Wildman–Crippen LogP) is 1.77. The molecule has 6 heteroatoms. The summed E-state index contributed by atoms with van der Waals surface area (Å²) in [5.74, 6) is 0.577. The van der Waals surface area contributed by atoms with Crippen molar-refractivity contribution in [1.29, 1.82) is 0 Å². The molecule has 1 atom stereocenters. The number of aromatic nitrogens is 1. The maximum Gasteiger partial charge on any atom is 0.188 e. The normalized spacial score (nSPS) is 20.1. The monoisotopic (exact) mass is 309 g/mol. The summed E-state index contributed by atoms with van der Waals surface area (Å²) in [5, 5.41) is 6.50. The van der Waals surface area contributed by atoms with Crippen LogP contribution in [0.15, 0.2) is 10.4 Å². The maximum atomic E-state index is 5.93. The Balaban J connectivity index is 1.62. The average molecular weight is 309 g/mol. The van der Waals surface area contributed by atoms with Crippen molar-refractivity contribution in [2.75, 3.05) is 26.2 Å². The summed E-state index contributed by atoms with van der Waals surface area (Å²) in [7, 11) is 0. The highest BCUT2D eigenvalue weighted by atomic mass is 32.1. The molecule has 3 N–H and O–H groups in total. The number of nitrogens with two attached hydrogens (primary N) is 1. The van der Waals surface area contributed by atoms with Crippen LogP contribution in [0.4, 0.5) is 0 Å². The topological polar surface area (TPSA) is 66.5 Å². The van der Waals surface area contributed by atoms with Crippen LogP contribution >= 0.6 is 11.3 Å². The number of guanidine groups is 1. The second-order valence-corrected chi connectivity index (χ2v) is 6.51. The first-order chi connectivity index (χ1) is 10.2. The van der Waals surface area contributed by atoms with Crippen molar-refractivity contribution in [3.63, 3.8) is 0 Å². The Morgan fingerprint density at radius 2 is 2.48 bits per heavy atom. The number of aryl methyl sites for hydroxylation is 2. The first kappa shape index (κ1) is 16.2. The van der Waals surface area contributed by atoms with E-state index in [1.165, 1.54) is 24.4 Å². The summed E-state index contributed by atoms with van der Waals surface area (Å²) in [6.45, 7) is 8.24. The van der Waals surface area contributed by atoms with Crippen molar-refractivity contribution < 1.29 is 0 Å². The first-order valence-electron chi connectivity index (χ1n) is 7.88. The summed E-state index contributed by atoms with van der Waals surface area (Å²) in [5.41, 5.74) is 7.04. The molecule has 2 heterocycles. The van der Waals surface area contributed by atoms with E-state index in [4.69, 9.17) is 5.73 Å². The molecule has 5 nitrogen and oxygen atoms in total.